The first-order valence-corrected chi connectivity index (χ1v) is 9.62. The van der Waals surface area contributed by atoms with Crippen LogP contribution in [0.2, 0.25) is 0 Å². The van der Waals surface area contributed by atoms with Crippen molar-refractivity contribution in [3.8, 4) is 5.75 Å². The summed E-state index contributed by atoms with van der Waals surface area (Å²) in [7, 11) is 1.69. The van der Waals surface area contributed by atoms with Gasteiger partial charge in [-0.1, -0.05) is 18.2 Å². The highest BCUT2D eigenvalue weighted by Crippen LogP contribution is 2.27. The molecule has 3 heterocycles. The zero-order valence-corrected chi connectivity index (χ0v) is 15.8. The summed E-state index contributed by atoms with van der Waals surface area (Å²) in [5.41, 5.74) is 3.39. The molecule has 1 aromatic heterocycles. The number of aromatic nitrogens is 1. The minimum atomic E-state index is -0.0351. The molecule has 0 atom stereocenters. The van der Waals surface area contributed by atoms with E-state index in [0.29, 0.717) is 19.6 Å². The number of pyridine rings is 1. The molecule has 2 amide bonds. The molecule has 1 aromatic carbocycles. The number of carbonyl (C=O) groups excluding carboxylic acids is 1. The van der Waals surface area contributed by atoms with Gasteiger partial charge in [0, 0.05) is 44.5 Å². The van der Waals surface area contributed by atoms with Crippen molar-refractivity contribution >= 4 is 11.8 Å². The number of hydrogen-bond acceptors (Lipinski definition) is 4. The number of methoxy groups -OCH3 is 1. The molecule has 0 spiro atoms. The molecule has 4 rings (SSSR count). The number of carbonyl (C=O) groups is 1. The molecule has 1 saturated heterocycles. The van der Waals surface area contributed by atoms with Gasteiger partial charge in [-0.15, -0.1) is 0 Å². The molecule has 0 bridgehead atoms. The number of anilines is 1. The number of nitrogens with one attached hydrogen (secondary N) is 1. The number of amides is 2. The number of rotatable bonds is 4. The zero-order chi connectivity index (χ0) is 18.6. The van der Waals surface area contributed by atoms with Gasteiger partial charge in [0.1, 0.15) is 11.6 Å². The van der Waals surface area contributed by atoms with E-state index in [1.807, 2.05) is 23.2 Å². The molecule has 6 heteroatoms. The van der Waals surface area contributed by atoms with E-state index in [1.165, 1.54) is 18.4 Å². The maximum absolute atomic E-state index is 12.6. The molecular weight excluding hydrogens is 340 g/mol. The van der Waals surface area contributed by atoms with Gasteiger partial charge in [-0.05, 0) is 42.5 Å². The molecule has 0 unspecified atom stereocenters. The lowest BCUT2D eigenvalue weighted by molar-refractivity contribution is 0.191. The van der Waals surface area contributed by atoms with Crippen LogP contribution in [0, 0.1) is 0 Å². The normalized spacial score (nSPS) is 16.2. The Kier molecular flexibility index (Phi) is 5.14. The predicted octanol–water partition coefficient (Wildman–Crippen LogP) is 2.96. The minimum absolute atomic E-state index is 0.0351. The lowest BCUT2D eigenvalue weighted by Gasteiger charge is -2.29. The fourth-order valence-electron chi connectivity index (χ4n) is 3.88. The maximum atomic E-state index is 12.6. The van der Waals surface area contributed by atoms with E-state index in [2.05, 4.69) is 33.4 Å². The zero-order valence-electron chi connectivity index (χ0n) is 15.8. The van der Waals surface area contributed by atoms with Gasteiger partial charge in [0.05, 0.1) is 7.11 Å². The van der Waals surface area contributed by atoms with Crippen LogP contribution >= 0.6 is 0 Å². The highest BCUT2D eigenvalue weighted by Gasteiger charge is 2.22. The van der Waals surface area contributed by atoms with E-state index >= 15 is 0 Å². The van der Waals surface area contributed by atoms with Crippen molar-refractivity contribution in [3.63, 3.8) is 0 Å². The lowest BCUT2D eigenvalue weighted by Crippen LogP contribution is -2.42. The average Bonchev–Trinajstić information content (AvgIpc) is 3.26. The Morgan fingerprint density at radius 2 is 2.04 bits per heavy atom. The van der Waals surface area contributed by atoms with Crippen LogP contribution in [0.4, 0.5) is 10.6 Å². The Balaban J connectivity index is 1.33. The summed E-state index contributed by atoms with van der Waals surface area (Å²) in [6.07, 6.45) is 5.16. The van der Waals surface area contributed by atoms with Crippen molar-refractivity contribution in [3.05, 3.63) is 53.2 Å². The summed E-state index contributed by atoms with van der Waals surface area (Å²) in [4.78, 5) is 21.3. The first-order valence-electron chi connectivity index (χ1n) is 9.62. The fourth-order valence-corrected chi connectivity index (χ4v) is 3.88. The van der Waals surface area contributed by atoms with Crippen LogP contribution in [0.25, 0.3) is 0 Å². The molecule has 27 heavy (non-hydrogen) atoms. The summed E-state index contributed by atoms with van der Waals surface area (Å²) >= 11 is 0. The molecule has 0 radical (unpaired) electrons. The second kappa shape index (κ2) is 7.86. The van der Waals surface area contributed by atoms with Crippen LogP contribution in [-0.4, -0.2) is 42.7 Å². The quantitative estimate of drug-likeness (QED) is 0.904. The molecule has 6 nitrogen and oxygen atoms in total. The average molecular weight is 366 g/mol. The van der Waals surface area contributed by atoms with E-state index in [0.717, 1.165) is 42.2 Å². The molecule has 2 aliphatic heterocycles. The third-order valence-corrected chi connectivity index (χ3v) is 5.41. The van der Waals surface area contributed by atoms with Crippen molar-refractivity contribution in [1.29, 1.82) is 0 Å². The number of nitrogens with zero attached hydrogens (tertiary/aromatic N) is 3. The third-order valence-electron chi connectivity index (χ3n) is 5.41. The van der Waals surface area contributed by atoms with E-state index in [1.54, 1.807) is 7.11 Å². The first-order chi connectivity index (χ1) is 13.2. The summed E-state index contributed by atoms with van der Waals surface area (Å²) in [6.45, 7) is 3.98. The highest BCUT2D eigenvalue weighted by atomic mass is 16.5. The number of fused-ring (bicyclic) bond motifs is 1. The number of urea groups is 1. The van der Waals surface area contributed by atoms with Crippen molar-refractivity contribution < 1.29 is 9.53 Å². The van der Waals surface area contributed by atoms with Crippen LogP contribution in [0.15, 0.2) is 36.5 Å². The van der Waals surface area contributed by atoms with Gasteiger partial charge in [-0.2, -0.15) is 0 Å². The topological polar surface area (TPSA) is 57.7 Å². The van der Waals surface area contributed by atoms with Crippen LogP contribution in [0.1, 0.15) is 29.5 Å². The Hall–Kier alpha value is -2.76. The largest absolute Gasteiger partial charge is 0.496 e. The second-order valence-electron chi connectivity index (χ2n) is 7.15. The Bertz CT molecular complexity index is 800. The van der Waals surface area contributed by atoms with Gasteiger partial charge in [0.15, 0.2) is 0 Å². The summed E-state index contributed by atoms with van der Waals surface area (Å²) < 4.78 is 5.43. The van der Waals surface area contributed by atoms with Crippen molar-refractivity contribution in [2.45, 2.75) is 32.4 Å². The van der Waals surface area contributed by atoms with Crippen LogP contribution in [-0.2, 0) is 19.5 Å². The summed E-state index contributed by atoms with van der Waals surface area (Å²) in [5.74, 6) is 1.95. The Labute approximate surface area is 160 Å². The van der Waals surface area contributed by atoms with Crippen molar-refractivity contribution in [1.82, 2.24) is 15.2 Å². The van der Waals surface area contributed by atoms with Gasteiger partial charge >= 0.3 is 6.03 Å². The SMILES string of the molecule is COc1cccc2c1CCN(C(=O)NCc1ccc(N3CCCC3)nc1)C2. The number of benzene rings is 1. The molecule has 1 N–H and O–H groups in total. The first kappa shape index (κ1) is 17.6. The fraction of sp³-hybridized carbons (Fsp3) is 0.429. The summed E-state index contributed by atoms with van der Waals surface area (Å²) in [5, 5.41) is 3.02. The third kappa shape index (κ3) is 3.84. The van der Waals surface area contributed by atoms with Gasteiger partial charge < -0.3 is 19.9 Å². The maximum Gasteiger partial charge on any atom is 0.317 e. The van der Waals surface area contributed by atoms with Gasteiger partial charge in [-0.3, -0.25) is 0 Å². The van der Waals surface area contributed by atoms with Crippen LogP contribution in [0.3, 0.4) is 0 Å². The highest BCUT2D eigenvalue weighted by molar-refractivity contribution is 5.74. The van der Waals surface area contributed by atoms with Gasteiger partial charge in [-0.25, -0.2) is 9.78 Å². The number of hydrogen-bond donors (Lipinski definition) is 1. The van der Waals surface area contributed by atoms with Crippen LogP contribution < -0.4 is 15.0 Å². The molecule has 2 aromatic rings. The molecule has 1 fully saturated rings. The minimum Gasteiger partial charge on any atom is -0.496 e. The molecule has 0 aliphatic carbocycles. The van der Waals surface area contributed by atoms with Crippen molar-refractivity contribution in [2.24, 2.45) is 0 Å². The van der Waals surface area contributed by atoms with E-state index in [-0.39, 0.29) is 6.03 Å². The standard InChI is InChI=1S/C21H26N4O2/c1-27-19-6-4-5-17-15-25(12-9-18(17)19)21(26)23-14-16-7-8-20(22-13-16)24-10-2-3-11-24/h4-8,13H,2-3,9-12,14-15H2,1H3,(H,23,26). The van der Waals surface area contributed by atoms with Crippen LogP contribution in [0.5, 0.6) is 5.75 Å². The van der Waals surface area contributed by atoms with E-state index < -0.39 is 0 Å². The Morgan fingerprint density at radius 1 is 1.19 bits per heavy atom. The summed E-state index contributed by atoms with van der Waals surface area (Å²) in [6, 6.07) is 10.1. The van der Waals surface area contributed by atoms with Gasteiger partial charge in [0.25, 0.3) is 0 Å². The van der Waals surface area contributed by atoms with E-state index in [4.69, 9.17) is 4.74 Å². The van der Waals surface area contributed by atoms with Crippen molar-refractivity contribution in [2.75, 3.05) is 31.6 Å². The Morgan fingerprint density at radius 3 is 2.78 bits per heavy atom. The second-order valence-corrected chi connectivity index (χ2v) is 7.15. The molecule has 2 aliphatic rings. The van der Waals surface area contributed by atoms with Gasteiger partial charge in [0.2, 0.25) is 0 Å². The molecule has 142 valence electrons. The lowest BCUT2D eigenvalue weighted by atomic mass is 9.99. The molecular formula is C21H26N4O2. The smallest absolute Gasteiger partial charge is 0.317 e. The van der Waals surface area contributed by atoms with E-state index in [9.17, 15) is 4.79 Å². The predicted molar refractivity (Wildman–Crippen MR) is 105 cm³/mol. The number of ether oxygens (including phenoxy) is 1. The monoisotopic (exact) mass is 366 g/mol. The molecule has 0 saturated carbocycles.